The molecule has 172 valence electrons. The first kappa shape index (κ1) is 23.5. The standard InChI is InChI=1S/C24H17BrClFN4O3/c1-13-18(26)6-3-7-19(13)29-22(32)21-11-14-10-15(25)8-9-20(14)31(21)30-24(34)23(33)28-17-5-2-4-16(27)12-17/h2-12H,1H3,(H,28,33)(H,29,32)(H,30,34). The maximum Gasteiger partial charge on any atom is 0.328 e. The molecular formula is C24H17BrClFN4O3. The van der Waals surface area contributed by atoms with E-state index in [4.69, 9.17) is 11.6 Å². The number of amides is 3. The van der Waals surface area contributed by atoms with E-state index >= 15 is 0 Å². The number of benzene rings is 3. The number of hydrogen-bond donors (Lipinski definition) is 3. The highest BCUT2D eigenvalue weighted by Gasteiger charge is 2.22. The van der Waals surface area contributed by atoms with E-state index in [0.717, 1.165) is 10.5 Å². The lowest BCUT2D eigenvalue weighted by atomic mass is 10.2. The molecule has 0 saturated carbocycles. The van der Waals surface area contributed by atoms with E-state index < -0.39 is 23.5 Å². The SMILES string of the molecule is Cc1c(Cl)cccc1NC(=O)c1cc2cc(Br)ccc2n1NC(=O)C(=O)Nc1cccc(F)c1. The van der Waals surface area contributed by atoms with Gasteiger partial charge in [-0.05, 0) is 67.1 Å². The van der Waals surface area contributed by atoms with Crippen LogP contribution in [0.25, 0.3) is 10.9 Å². The van der Waals surface area contributed by atoms with Crippen LogP contribution >= 0.6 is 27.5 Å². The zero-order valence-electron chi connectivity index (χ0n) is 17.7. The van der Waals surface area contributed by atoms with Gasteiger partial charge in [0.2, 0.25) is 0 Å². The number of hydrogen-bond acceptors (Lipinski definition) is 3. The molecule has 0 unspecified atom stereocenters. The van der Waals surface area contributed by atoms with Crippen molar-refractivity contribution in [3.8, 4) is 0 Å². The summed E-state index contributed by atoms with van der Waals surface area (Å²) in [5, 5.41) is 6.25. The van der Waals surface area contributed by atoms with Gasteiger partial charge in [-0.1, -0.05) is 39.7 Å². The lowest BCUT2D eigenvalue weighted by Gasteiger charge is -2.14. The van der Waals surface area contributed by atoms with Crippen LogP contribution in [-0.2, 0) is 9.59 Å². The second kappa shape index (κ2) is 9.66. The van der Waals surface area contributed by atoms with Crippen molar-refractivity contribution in [3.05, 3.63) is 93.3 Å². The van der Waals surface area contributed by atoms with E-state index in [-0.39, 0.29) is 11.4 Å². The fourth-order valence-corrected chi connectivity index (χ4v) is 3.86. The molecule has 34 heavy (non-hydrogen) atoms. The summed E-state index contributed by atoms with van der Waals surface area (Å²) in [7, 11) is 0. The Morgan fingerprint density at radius 3 is 2.47 bits per heavy atom. The van der Waals surface area contributed by atoms with Gasteiger partial charge in [0.05, 0.1) is 5.52 Å². The largest absolute Gasteiger partial charge is 0.328 e. The number of halogens is 3. The first-order valence-electron chi connectivity index (χ1n) is 9.98. The van der Waals surface area contributed by atoms with Crippen molar-refractivity contribution in [2.45, 2.75) is 6.92 Å². The molecule has 10 heteroatoms. The third kappa shape index (κ3) is 4.95. The third-order valence-electron chi connectivity index (χ3n) is 5.01. The van der Waals surface area contributed by atoms with Gasteiger partial charge in [0.15, 0.2) is 0 Å². The molecule has 0 aliphatic heterocycles. The van der Waals surface area contributed by atoms with Crippen LogP contribution in [0.1, 0.15) is 16.1 Å². The van der Waals surface area contributed by atoms with E-state index in [1.165, 1.54) is 22.9 Å². The molecule has 0 bridgehead atoms. The van der Waals surface area contributed by atoms with Gasteiger partial charge < -0.3 is 10.6 Å². The van der Waals surface area contributed by atoms with Gasteiger partial charge in [0, 0.05) is 26.3 Å². The van der Waals surface area contributed by atoms with Crippen molar-refractivity contribution in [2.75, 3.05) is 16.1 Å². The fourth-order valence-electron chi connectivity index (χ4n) is 3.31. The van der Waals surface area contributed by atoms with Crippen LogP contribution in [0.3, 0.4) is 0 Å². The van der Waals surface area contributed by atoms with Crippen LogP contribution in [0.4, 0.5) is 15.8 Å². The number of carbonyl (C=O) groups excluding carboxylic acids is 3. The Kier molecular flexibility index (Phi) is 6.67. The number of nitrogens with zero attached hydrogens (tertiary/aromatic N) is 1. The van der Waals surface area contributed by atoms with Crippen LogP contribution in [0.5, 0.6) is 0 Å². The Labute approximate surface area is 207 Å². The van der Waals surface area contributed by atoms with Crippen LogP contribution in [0, 0.1) is 12.7 Å². The molecule has 0 fully saturated rings. The predicted molar refractivity (Wildman–Crippen MR) is 133 cm³/mol. The van der Waals surface area contributed by atoms with Gasteiger partial charge in [-0.15, -0.1) is 0 Å². The summed E-state index contributed by atoms with van der Waals surface area (Å²) in [4.78, 5) is 38.2. The topological polar surface area (TPSA) is 92.2 Å². The molecule has 7 nitrogen and oxygen atoms in total. The molecule has 3 aromatic carbocycles. The Morgan fingerprint density at radius 1 is 0.941 bits per heavy atom. The summed E-state index contributed by atoms with van der Waals surface area (Å²) in [5.74, 6) is -3.15. The van der Waals surface area contributed by atoms with Crippen LogP contribution < -0.4 is 16.1 Å². The van der Waals surface area contributed by atoms with Crippen molar-refractivity contribution in [1.82, 2.24) is 4.68 Å². The quantitative estimate of drug-likeness (QED) is 0.298. The summed E-state index contributed by atoms with van der Waals surface area (Å²) < 4.78 is 15.4. The van der Waals surface area contributed by atoms with Gasteiger partial charge in [-0.25, -0.2) is 9.07 Å². The number of rotatable bonds is 4. The first-order valence-corrected chi connectivity index (χ1v) is 11.2. The molecule has 0 spiro atoms. The lowest BCUT2D eigenvalue weighted by molar-refractivity contribution is -0.133. The summed E-state index contributed by atoms with van der Waals surface area (Å²) in [6, 6.07) is 17.0. The molecule has 0 aliphatic rings. The van der Waals surface area contributed by atoms with Crippen LogP contribution in [0.2, 0.25) is 5.02 Å². The van der Waals surface area contributed by atoms with Crippen LogP contribution in [-0.4, -0.2) is 22.4 Å². The van der Waals surface area contributed by atoms with Crippen molar-refractivity contribution in [3.63, 3.8) is 0 Å². The molecule has 4 rings (SSSR count). The Bertz CT molecular complexity index is 1450. The summed E-state index contributed by atoms with van der Waals surface area (Å²) >= 11 is 9.53. The zero-order valence-corrected chi connectivity index (χ0v) is 20.0. The Morgan fingerprint density at radius 2 is 1.71 bits per heavy atom. The maximum atomic E-state index is 13.4. The molecule has 0 aliphatic carbocycles. The van der Waals surface area contributed by atoms with Crippen molar-refractivity contribution >= 4 is 67.5 Å². The van der Waals surface area contributed by atoms with E-state index in [0.29, 0.717) is 27.2 Å². The molecule has 0 saturated heterocycles. The first-order chi connectivity index (χ1) is 16.2. The highest BCUT2D eigenvalue weighted by Crippen LogP contribution is 2.26. The third-order valence-corrected chi connectivity index (χ3v) is 5.92. The molecule has 4 aromatic rings. The summed E-state index contributed by atoms with van der Waals surface area (Å²) in [6.07, 6.45) is 0. The van der Waals surface area contributed by atoms with E-state index in [1.54, 1.807) is 49.4 Å². The minimum absolute atomic E-state index is 0.0828. The second-order valence-electron chi connectivity index (χ2n) is 7.34. The average Bonchev–Trinajstić information content (AvgIpc) is 3.14. The van der Waals surface area contributed by atoms with Gasteiger partial charge in [-0.2, -0.15) is 0 Å². The molecule has 3 amide bonds. The Balaban J connectivity index is 1.65. The highest BCUT2D eigenvalue weighted by molar-refractivity contribution is 9.10. The Hall–Kier alpha value is -3.69. The molecule has 0 radical (unpaired) electrons. The summed E-state index contributed by atoms with van der Waals surface area (Å²) in [5.41, 5.74) is 4.33. The van der Waals surface area contributed by atoms with Gasteiger partial charge in [0.1, 0.15) is 11.5 Å². The van der Waals surface area contributed by atoms with Crippen molar-refractivity contribution < 1.29 is 18.8 Å². The van der Waals surface area contributed by atoms with Crippen molar-refractivity contribution in [1.29, 1.82) is 0 Å². The number of aromatic nitrogens is 1. The van der Waals surface area contributed by atoms with E-state index in [2.05, 4.69) is 32.0 Å². The van der Waals surface area contributed by atoms with Gasteiger partial charge in [-0.3, -0.25) is 19.8 Å². The smallest absolute Gasteiger partial charge is 0.320 e. The minimum Gasteiger partial charge on any atom is -0.320 e. The molecule has 1 heterocycles. The van der Waals surface area contributed by atoms with Gasteiger partial charge in [0.25, 0.3) is 5.91 Å². The van der Waals surface area contributed by atoms with Gasteiger partial charge >= 0.3 is 11.8 Å². The minimum atomic E-state index is -1.04. The molecule has 3 N–H and O–H groups in total. The molecule has 1 aromatic heterocycles. The summed E-state index contributed by atoms with van der Waals surface area (Å²) in [6.45, 7) is 1.77. The van der Waals surface area contributed by atoms with E-state index in [9.17, 15) is 18.8 Å². The number of carbonyl (C=O) groups is 3. The monoisotopic (exact) mass is 542 g/mol. The maximum absolute atomic E-state index is 13.4. The fraction of sp³-hybridized carbons (Fsp3) is 0.0417. The average molecular weight is 544 g/mol. The lowest BCUT2D eigenvalue weighted by Crippen LogP contribution is -2.36. The number of nitrogens with one attached hydrogen (secondary N) is 3. The van der Waals surface area contributed by atoms with E-state index in [1.807, 2.05) is 0 Å². The van der Waals surface area contributed by atoms with Crippen LogP contribution in [0.15, 0.2) is 71.2 Å². The normalized spacial score (nSPS) is 10.7. The second-order valence-corrected chi connectivity index (χ2v) is 8.66. The predicted octanol–water partition coefficient (Wildman–Crippen LogP) is 5.47. The number of fused-ring (bicyclic) bond motifs is 1. The molecular weight excluding hydrogens is 527 g/mol. The number of anilines is 2. The zero-order chi connectivity index (χ0) is 24.4. The molecule has 0 atom stereocenters. The highest BCUT2D eigenvalue weighted by atomic mass is 79.9. The van der Waals surface area contributed by atoms with Crippen molar-refractivity contribution in [2.24, 2.45) is 0 Å².